The highest BCUT2D eigenvalue weighted by molar-refractivity contribution is 7.90. The molecule has 0 radical (unpaired) electrons. The molecule has 0 bridgehead atoms. The number of rotatable bonds is 4. The summed E-state index contributed by atoms with van der Waals surface area (Å²) in [6, 6.07) is 6.18. The number of terminal acetylenes is 1. The van der Waals surface area contributed by atoms with Crippen molar-refractivity contribution in [1.82, 2.24) is 0 Å². The van der Waals surface area contributed by atoms with Crippen molar-refractivity contribution in [3.63, 3.8) is 0 Å². The number of carbonyl (C=O) groups is 1. The molecule has 0 aliphatic carbocycles. The number of hydrogen-bond donors (Lipinski definition) is 0. The number of ether oxygens (including phenoxy) is 1. The molecule has 0 aromatic heterocycles. The topological polar surface area (TPSA) is 60.4 Å². The maximum atomic E-state index is 11.4. The molecule has 4 nitrogen and oxygen atoms in total. The summed E-state index contributed by atoms with van der Waals surface area (Å²) in [5.74, 6) is 1.24. The fourth-order valence-electron chi connectivity index (χ4n) is 1.29. The Morgan fingerprint density at radius 2 is 1.94 bits per heavy atom. The molecule has 0 amide bonds. The molecule has 1 aromatic rings. The van der Waals surface area contributed by atoms with Crippen molar-refractivity contribution in [3.05, 3.63) is 35.4 Å². The molecule has 1 rings (SSSR count). The van der Waals surface area contributed by atoms with E-state index in [4.69, 9.17) is 6.42 Å². The summed E-state index contributed by atoms with van der Waals surface area (Å²) in [6.45, 7) is 0. The van der Waals surface area contributed by atoms with Gasteiger partial charge in [0.2, 0.25) is 0 Å². The molecule has 0 saturated carbocycles. The third kappa shape index (κ3) is 3.93. The van der Waals surface area contributed by atoms with Gasteiger partial charge in [0.1, 0.15) is 5.75 Å². The quantitative estimate of drug-likeness (QED) is 0.593. The first kappa shape index (κ1) is 13.3. The third-order valence-corrected chi connectivity index (χ3v) is 3.44. The van der Waals surface area contributed by atoms with E-state index in [9.17, 15) is 13.2 Å². The van der Waals surface area contributed by atoms with Crippen molar-refractivity contribution in [2.24, 2.45) is 0 Å². The highest BCUT2D eigenvalue weighted by Crippen LogP contribution is 2.09. The van der Waals surface area contributed by atoms with Gasteiger partial charge in [0.25, 0.3) is 0 Å². The molecular weight excluding hydrogens is 240 g/mol. The van der Waals surface area contributed by atoms with E-state index in [0.29, 0.717) is 11.1 Å². The number of methoxy groups -OCH3 is 1. The Hall–Kier alpha value is -1.80. The van der Waals surface area contributed by atoms with E-state index < -0.39 is 15.8 Å². The Balaban J connectivity index is 2.83. The van der Waals surface area contributed by atoms with E-state index in [2.05, 4.69) is 10.7 Å². The van der Waals surface area contributed by atoms with Crippen molar-refractivity contribution in [3.8, 4) is 12.3 Å². The number of hydrogen-bond acceptors (Lipinski definition) is 4. The van der Waals surface area contributed by atoms with E-state index in [1.54, 1.807) is 12.1 Å². The lowest BCUT2D eigenvalue weighted by Gasteiger charge is -2.03. The highest BCUT2D eigenvalue weighted by Gasteiger charge is 2.11. The zero-order chi connectivity index (χ0) is 12.9. The minimum Gasteiger partial charge on any atom is -0.465 e. The summed E-state index contributed by atoms with van der Waals surface area (Å²) in [7, 11) is -1.99. The van der Waals surface area contributed by atoms with Crippen molar-refractivity contribution in [2.75, 3.05) is 12.9 Å². The van der Waals surface area contributed by atoms with Crippen LogP contribution in [0.3, 0.4) is 0 Å². The zero-order valence-corrected chi connectivity index (χ0v) is 10.2. The van der Waals surface area contributed by atoms with Gasteiger partial charge < -0.3 is 4.74 Å². The molecule has 0 heterocycles. The second-order valence-corrected chi connectivity index (χ2v) is 5.49. The summed E-state index contributed by atoms with van der Waals surface area (Å²) in [5, 5.41) is 0. The predicted molar refractivity (Wildman–Crippen MR) is 64.1 cm³/mol. The lowest BCUT2D eigenvalue weighted by atomic mass is 10.1. The molecule has 17 heavy (non-hydrogen) atoms. The van der Waals surface area contributed by atoms with Gasteiger partial charge in [0.05, 0.1) is 18.4 Å². The van der Waals surface area contributed by atoms with Crippen LogP contribution in [0.1, 0.15) is 15.9 Å². The van der Waals surface area contributed by atoms with Crippen LogP contribution in [0.25, 0.3) is 0 Å². The van der Waals surface area contributed by atoms with Crippen LogP contribution in [0.4, 0.5) is 0 Å². The largest absolute Gasteiger partial charge is 0.465 e. The van der Waals surface area contributed by atoms with Crippen LogP contribution in [-0.2, 0) is 20.3 Å². The van der Waals surface area contributed by atoms with Crippen LogP contribution in [0.2, 0.25) is 0 Å². The van der Waals surface area contributed by atoms with E-state index in [-0.39, 0.29) is 11.5 Å². The average molecular weight is 252 g/mol. The Labute approximate surface area is 101 Å². The molecule has 0 fully saturated rings. The van der Waals surface area contributed by atoms with Crippen LogP contribution in [-0.4, -0.2) is 27.2 Å². The fourth-order valence-corrected chi connectivity index (χ4v) is 2.34. The molecule has 0 atom stereocenters. The molecule has 90 valence electrons. The first-order valence-electron chi connectivity index (χ1n) is 4.79. The molecule has 0 aliphatic rings. The minimum absolute atomic E-state index is 0.126. The Morgan fingerprint density at radius 3 is 2.41 bits per heavy atom. The van der Waals surface area contributed by atoms with E-state index in [1.807, 2.05) is 0 Å². The summed E-state index contributed by atoms with van der Waals surface area (Å²) >= 11 is 0. The van der Waals surface area contributed by atoms with Crippen LogP contribution >= 0.6 is 0 Å². The zero-order valence-electron chi connectivity index (χ0n) is 9.34. The summed E-state index contributed by atoms with van der Waals surface area (Å²) < 4.78 is 27.4. The molecule has 0 aliphatic heterocycles. The molecule has 1 aromatic carbocycles. The standard InChI is InChI=1S/C12H12O4S/c1-3-8-17(14,15)9-10-4-6-11(7-5-10)12(13)16-2/h1,4-7H,8-9H2,2H3. The van der Waals surface area contributed by atoms with Crippen molar-refractivity contribution < 1.29 is 17.9 Å². The maximum Gasteiger partial charge on any atom is 0.337 e. The van der Waals surface area contributed by atoms with Gasteiger partial charge in [-0.2, -0.15) is 0 Å². The molecule has 0 saturated heterocycles. The second-order valence-electron chi connectivity index (χ2n) is 3.42. The molecule has 0 spiro atoms. The molecule has 0 unspecified atom stereocenters. The minimum atomic E-state index is -3.28. The lowest BCUT2D eigenvalue weighted by Crippen LogP contribution is -2.08. The summed E-state index contributed by atoms with van der Waals surface area (Å²) in [6.07, 6.45) is 4.96. The third-order valence-electron chi connectivity index (χ3n) is 2.06. The van der Waals surface area contributed by atoms with E-state index >= 15 is 0 Å². The van der Waals surface area contributed by atoms with Crippen LogP contribution < -0.4 is 0 Å². The molecular formula is C12H12O4S. The predicted octanol–water partition coefficient (Wildman–Crippen LogP) is 1.02. The average Bonchev–Trinajstić information content (AvgIpc) is 2.28. The number of carbonyl (C=O) groups excluding carboxylic acids is 1. The Morgan fingerprint density at radius 1 is 1.35 bits per heavy atom. The van der Waals surface area contributed by atoms with Crippen molar-refractivity contribution in [2.45, 2.75) is 5.75 Å². The second kappa shape index (κ2) is 5.51. The normalized spacial score (nSPS) is 10.6. The van der Waals surface area contributed by atoms with Crippen LogP contribution in [0.5, 0.6) is 0 Å². The lowest BCUT2D eigenvalue weighted by molar-refractivity contribution is 0.0600. The number of benzene rings is 1. The Bertz CT molecular complexity index is 535. The van der Waals surface area contributed by atoms with Gasteiger partial charge in [0.15, 0.2) is 9.84 Å². The summed E-state index contributed by atoms with van der Waals surface area (Å²) in [4.78, 5) is 11.1. The van der Waals surface area contributed by atoms with Gasteiger partial charge in [-0.05, 0) is 17.7 Å². The van der Waals surface area contributed by atoms with Gasteiger partial charge in [-0.25, -0.2) is 13.2 Å². The monoisotopic (exact) mass is 252 g/mol. The number of sulfone groups is 1. The van der Waals surface area contributed by atoms with Crippen molar-refractivity contribution >= 4 is 15.8 Å². The van der Waals surface area contributed by atoms with E-state index in [1.165, 1.54) is 19.2 Å². The van der Waals surface area contributed by atoms with Gasteiger partial charge in [-0.1, -0.05) is 18.1 Å². The first-order valence-corrected chi connectivity index (χ1v) is 6.62. The van der Waals surface area contributed by atoms with Gasteiger partial charge in [0, 0.05) is 0 Å². The van der Waals surface area contributed by atoms with E-state index in [0.717, 1.165) is 0 Å². The SMILES string of the molecule is C#CCS(=O)(=O)Cc1ccc(C(=O)OC)cc1. The highest BCUT2D eigenvalue weighted by atomic mass is 32.2. The van der Waals surface area contributed by atoms with Gasteiger partial charge in [-0.3, -0.25) is 0 Å². The van der Waals surface area contributed by atoms with Crippen molar-refractivity contribution in [1.29, 1.82) is 0 Å². The maximum absolute atomic E-state index is 11.4. The fraction of sp³-hybridized carbons (Fsp3) is 0.250. The van der Waals surface area contributed by atoms with Crippen LogP contribution in [0, 0.1) is 12.3 Å². The molecule has 0 N–H and O–H groups in total. The smallest absolute Gasteiger partial charge is 0.337 e. The first-order chi connectivity index (χ1) is 7.98. The van der Waals surface area contributed by atoms with Gasteiger partial charge in [-0.15, -0.1) is 6.42 Å². The summed E-state index contributed by atoms with van der Waals surface area (Å²) in [5.41, 5.74) is 0.971. The number of esters is 1. The van der Waals surface area contributed by atoms with Gasteiger partial charge >= 0.3 is 5.97 Å². The molecule has 5 heteroatoms. The Kier molecular flexibility index (Phi) is 4.30. The van der Waals surface area contributed by atoms with Crippen LogP contribution in [0.15, 0.2) is 24.3 Å².